The van der Waals surface area contributed by atoms with Gasteiger partial charge in [0.1, 0.15) is 16.5 Å². The van der Waals surface area contributed by atoms with E-state index in [1.807, 2.05) is 18.4 Å². The van der Waals surface area contributed by atoms with E-state index in [9.17, 15) is 9.90 Å². The molecule has 5 N–H and O–H groups in total. The molecule has 0 radical (unpaired) electrons. The summed E-state index contributed by atoms with van der Waals surface area (Å²) < 4.78 is 5.33. The molecule has 2 fully saturated rings. The van der Waals surface area contributed by atoms with E-state index in [-0.39, 0.29) is 18.0 Å². The fraction of sp³-hybridized carbons (Fsp3) is 0.545. The van der Waals surface area contributed by atoms with Crippen LogP contribution in [0, 0.1) is 0 Å². The van der Waals surface area contributed by atoms with Crippen molar-refractivity contribution in [3.63, 3.8) is 0 Å². The lowest BCUT2D eigenvalue weighted by atomic mass is 9.84. The minimum Gasteiger partial charge on any atom is -0.390 e. The first-order valence-electron chi connectivity index (χ1n) is 11.4. The summed E-state index contributed by atoms with van der Waals surface area (Å²) in [4.78, 5) is 21.9. The molecule has 3 aromatic rings. The highest BCUT2D eigenvalue weighted by molar-refractivity contribution is 7.17. The average Bonchev–Trinajstić information content (AvgIpc) is 3.46. The maximum atomic E-state index is 12.6. The molecule has 176 valence electrons. The molecule has 4 heterocycles. The largest absolute Gasteiger partial charge is 0.390 e. The van der Waals surface area contributed by atoms with E-state index in [0.29, 0.717) is 11.6 Å². The second-order valence-corrected chi connectivity index (χ2v) is 10.9. The lowest BCUT2D eigenvalue weighted by Gasteiger charge is -2.33. The number of thiophene rings is 1. The highest BCUT2D eigenvalue weighted by Crippen LogP contribution is 2.33. The van der Waals surface area contributed by atoms with Crippen molar-refractivity contribution in [1.29, 1.82) is 0 Å². The van der Waals surface area contributed by atoms with Crippen LogP contribution in [0.3, 0.4) is 0 Å². The third-order valence-electron chi connectivity index (χ3n) is 6.32. The molecule has 0 unspecified atom stereocenters. The predicted octanol–water partition coefficient (Wildman–Crippen LogP) is 3.48. The van der Waals surface area contributed by atoms with Gasteiger partial charge in [0.2, 0.25) is 5.95 Å². The number of carbonyl (C=O) groups excluding carboxylic acids is 1. The number of piperidine rings is 1. The minimum atomic E-state index is -0.571. The standard InChI is InChI=1S/C22H29N7O2S2/c1-22(31)7-4-13(5-8-22)24-19-18-15(6-10-32-18)26-21(28-19)27-17-11-16(29-33-17)20(30)25-14-3-2-9-23-12-14/h6,10-11,13-14,23,31H,2-5,7-9,12H2,1H3,(H,25,30)(H2,24,26,27,28)/t13?,14-,22?/m1/s1. The molecule has 3 aromatic heterocycles. The summed E-state index contributed by atoms with van der Waals surface area (Å²) in [7, 11) is 0. The number of aliphatic hydroxyl groups is 1. The summed E-state index contributed by atoms with van der Waals surface area (Å²) in [6.07, 6.45) is 5.39. The van der Waals surface area contributed by atoms with Crippen molar-refractivity contribution in [3.05, 3.63) is 23.2 Å². The monoisotopic (exact) mass is 487 g/mol. The minimum absolute atomic E-state index is 0.144. The SMILES string of the molecule is CC1(O)CCC(Nc2nc(Nc3cc(C(=O)N[C@@H]4CCCNC4)ns3)nc3ccsc23)CC1. The van der Waals surface area contributed by atoms with Crippen LogP contribution in [0.2, 0.25) is 0 Å². The summed E-state index contributed by atoms with van der Waals surface area (Å²) >= 11 is 2.83. The van der Waals surface area contributed by atoms with Crippen molar-refractivity contribution in [1.82, 2.24) is 25.0 Å². The summed E-state index contributed by atoms with van der Waals surface area (Å²) in [5.74, 6) is 1.12. The Labute approximate surface area is 200 Å². The van der Waals surface area contributed by atoms with Crippen molar-refractivity contribution in [2.75, 3.05) is 23.7 Å². The number of aromatic nitrogens is 3. The molecule has 11 heteroatoms. The molecule has 2 aliphatic rings. The van der Waals surface area contributed by atoms with Gasteiger partial charge in [-0.2, -0.15) is 9.36 Å². The number of fused-ring (bicyclic) bond motifs is 1. The Balaban J connectivity index is 1.28. The number of nitrogens with one attached hydrogen (secondary N) is 4. The number of hydrogen-bond donors (Lipinski definition) is 5. The highest BCUT2D eigenvalue weighted by atomic mass is 32.1. The zero-order valence-corrected chi connectivity index (χ0v) is 20.2. The van der Waals surface area contributed by atoms with E-state index in [0.717, 1.165) is 72.7 Å². The van der Waals surface area contributed by atoms with Crippen molar-refractivity contribution < 1.29 is 9.90 Å². The van der Waals surface area contributed by atoms with E-state index in [4.69, 9.17) is 4.98 Å². The summed E-state index contributed by atoms with van der Waals surface area (Å²) in [5, 5.41) is 26.1. The van der Waals surface area contributed by atoms with Gasteiger partial charge >= 0.3 is 0 Å². The molecular weight excluding hydrogens is 458 g/mol. The molecule has 1 atom stereocenters. The first-order valence-corrected chi connectivity index (χ1v) is 13.1. The Kier molecular flexibility index (Phi) is 6.46. The van der Waals surface area contributed by atoms with Crippen molar-refractivity contribution in [2.24, 2.45) is 0 Å². The summed E-state index contributed by atoms with van der Waals surface area (Å²) in [5.41, 5.74) is 0.700. The van der Waals surface area contributed by atoms with Gasteiger partial charge in [0.25, 0.3) is 5.91 Å². The molecule has 1 saturated carbocycles. The van der Waals surface area contributed by atoms with Gasteiger partial charge in [-0.05, 0) is 75.0 Å². The molecule has 1 aliphatic heterocycles. The molecule has 33 heavy (non-hydrogen) atoms. The number of nitrogens with zero attached hydrogens (tertiary/aromatic N) is 3. The van der Waals surface area contributed by atoms with Gasteiger partial charge in [-0.1, -0.05) is 0 Å². The van der Waals surface area contributed by atoms with Crippen LogP contribution in [0.15, 0.2) is 17.5 Å². The van der Waals surface area contributed by atoms with E-state index < -0.39 is 5.60 Å². The fourth-order valence-corrected chi connectivity index (χ4v) is 5.80. The Morgan fingerprint density at radius 3 is 2.88 bits per heavy atom. The number of hydrogen-bond acceptors (Lipinski definition) is 10. The molecule has 5 rings (SSSR count). The normalized spacial score (nSPS) is 25.6. The molecule has 0 spiro atoms. The van der Waals surface area contributed by atoms with Gasteiger partial charge in [-0.25, -0.2) is 4.98 Å². The van der Waals surface area contributed by atoms with Crippen molar-refractivity contribution in [3.8, 4) is 0 Å². The predicted molar refractivity (Wildman–Crippen MR) is 133 cm³/mol. The number of carbonyl (C=O) groups is 1. The Hall–Kier alpha value is -2.34. The topological polar surface area (TPSA) is 124 Å². The fourth-order valence-electron chi connectivity index (χ4n) is 4.38. The van der Waals surface area contributed by atoms with Gasteiger partial charge < -0.3 is 26.4 Å². The lowest BCUT2D eigenvalue weighted by molar-refractivity contribution is 0.0196. The number of amides is 1. The smallest absolute Gasteiger partial charge is 0.271 e. The van der Waals surface area contributed by atoms with Crippen LogP contribution in [-0.2, 0) is 0 Å². The zero-order valence-electron chi connectivity index (χ0n) is 18.6. The van der Waals surface area contributed by atoms with E-state index in [1.54, 1.807) is 17.4 Å². The maximum absolute atomic E-state index is 12.6. The van der Waals surface area contributed by atoms with Gasteiger partial charge in [0.15, 0.2) is 0 Å². The Morgan fingerprint density at radius 1 is 1.24 bits per heavy atom. The highest BCUT2D eigenvalue weighted by Gasteiger charge is 2.29. The molecule has 0 bridgehead atoms. The van der Waals surface area contributed by atoms with Gasteiger partial charge in [-0.3, -0.25) is 4.79 Å². The summed E-state index contributed by atoms with van der Waals surface area (Å²) in [6.45, 7) is 3.71. The number of rotatable bonds is 6. The van der Waals surface area contributed by atoms with Crippen LogP contribution < -0.4 is 21.3 Å². The third kappa shape index (κ3) is 5.43. The van der Waals surface area contributed by atoms with Crippen LogP contribution >= 0.6 is 22.9 Å². The first-order chi connectivity index (χ1) is 15.9. The molecule has 1 amide bonds. The van der Waals surface area contributed by atoms with E-state index in [2.05, 4.69) is 30.6 Å². The van der Waals surface area contributed by atoms with Gasteiger partial charge in [-0.15, -0.1) is 11.3 Å². The first kappa shape index (κ1) is 22.5. The van der Waals surface area contributed by atoms with Crippen LogP contribution in [0.4, 0.5) is 16.8 Å². The molecular formula is C22H29N7O2S2. The molecule has 1 saturated heterocycles. The zero-order chi connectivity index (χ0) is 22.8. The van der Waals surface area contributed by atoms with Crippen LogP contribution in [0.5, 0.6) is 0 Å². The van der Waals surface area contributed by atoms with Crippen molar-refractivity contribution in [2.45, 2.75) is 63.1 Å². The van der Waals surface area contributed by atoms with E-state index in [1.165, 1.54) is 11.5 Å². The summed E-state index contributed by atoms with van der Waals surface area (Å²) in [6, 6.07) is 4.14. The second-order valence-electron chi connectivity index (χ2n) is 9.16. The van der Waals surface area contributed by atoms with Crippen LogP contribution in [-0.4, -0.2) is 56.1 Å². The van der Waals surface area contributed by atoms with Crippen molar-refractivity contribution >= 4 is 55.8 Å². The molecule has 0 aromatic carbocycles. The Bertz CT molecular complexity index is 1110. The van der Waals surface area contributed by atoms with E-state index >= 15 is 0 Å². The Morgan fingerprint density at radius 2 is 2.09 bits per heavy atom. The second kappa shape index (κ2) is 9.49. The third-order valence-corrected chi connectivity index (χ3v) is 7.93. The van der Waals surface area contributed by atoms with Crippen LogP contribution in [0.25, 0.3) is 10.2 Å². The molecule has 1 aliphatic carbocycles. The van der Waals surface area contributed by atoms with Gasteiger partial charge in [0, 0.05) is 24.7 Å². The molecule has 9 nitrogen and oxygen atoms in total. The average molecular weight is 488 g/mol. The maximum Gasteiger partial charge on any atom is 0.271 e. The van der Waals surface area contributed by atoms with Gasteiger partial charge in [0.05, 0.1) is 15.8 Å². The van der Waals surface area contributed by atoms with Crippen LogP contribution in [0.1, 0.15) is 55.9 Å². The number of anilines is 3. The quantitative estimate of drug-likeness (QED) is 0.358. The lowest BCUT2D eigenvalue weighted by Crippen LogP contribution is -2.45.